The molecule has 0 bridgehead atoms. The summed E-state index contributed by atoms with van der Waals surface area (Å²) in [6, 6.07) is 7.40. The minimum Gasteiger partial charge on any atom is -0.308 e. The lowest BCUT2D eigenvalue weighted by atomic mass is 9.99. The molecule has 26 heavy (non-hydrogen) atoms. The van der Waals surface area contributed by atoms with E-state index >= 15 is 0 Å². The summed E-state index contributed by atoms with van der Waals surface area (Å²) in [5.74, 6) is -0.240. The Morgan fingerprint density at radius 3 is 2.54 bits per heavy atom. The number of hydrogen-bond acceptors (Lipinski definition) is 3. The van der Waals surface area contributed by atoms with Crippen molar-refractivity contribution in [2.24, 2.45) is 0 Å². The number of rotatable bonds is 3. The van der Waals surface area contributed by atoms with Crippen LogP contribution in [0.1, 0.15) is 23.1 Å². The summed E-state index contributed by atoms with van der Waals surface area (Å²) >= 11 is 3.22. The number of hydrogen-bond donors (Lipinski definition) is 0. The molecule has 5 nitrogen and oxygen atoms in total. The Bertz CT molecular complexity index is 899. The Kier molecular flexibility index (Phi) is 4.74. The zero-order valence-electron chi connectivity index (χ0n) is 13.2. The van der Waals surface area contributed by atoms with Crippen LogP contribution in [-0.2, 0) is 23.9 Å². The number of alkyl halides is 3. The minimum absolute atomic E-state index is 0.0614. The van der Waals surface area contributed by atoms with Crippen LogP contribution in [-0.4, -0.2) is 10.8 Å². The predicted octanol–water partition coefficient (Wildman–Crippen LogP) is 4.86. The van der Waals surface area contributed by atoms with Gasteiger partial charge in [0.2, 0.25) is 5.91 Å². The molecule has 1 amide bonds. The highest BCUT2D eigenvalue weighted by molar-refractivity contribution is 9.10. The molecule has 0 spiro atoms. The summed E-state index contributed by atoms with van der Waals surface area (Å²) in [6.45, 7) is -0.0614. The molecule has 0 atom stereocenters. The van der Waals surface area contributed by atoms with Crippen molar-refractivity contribution in [1.29, 1.82) is 0 Å². The molecule has 0 N–H and O–H groups in total. The fraction of sp³-hybridized carbons (Fsp3) is 0.235. The van der Waals surface area contributed by atoms with Crippen molar-refractivity contribution >= 4 is 33.2 Å². The number of amides is 1. The second kappa shape index (κ2) is 6.71. The van der Waals surface area contributed by atoms with Crippen molar-refractivity contribution in [3.63, 3.8) is 0 Å². The van der Waals surface area contributed by atoms with E-state index in [2.05, 4.69) is 15.9 Å². The highest BCUT2D eigenvalue weighted by Gasteiger charge is 2.32. The average molecular weight is 429 g/mol. The van der Waals surface area contributed by atoms with E-state index < -0.39 is 16.7 Å². The number of nitrogens with zero attached hydrogens (tertiary/aromatic N) is 2. The molecule has 1 heterocycles. The zero-order valence-corrected chi connectivity index (χ0v) is 14.8. The molecule has 1 aliphatic rings. The number of aryl methyl sites for hydroxylation is 1. The molecule has 0 saturated carbocycles. The van der Waals surface area contributed by atoms with E-state index in [1.165, 1.54) is 29.2 Å². The highest BCUT2D eigenvalue weighted by Crippen LogP contribution is 2.35. The third-order valence-electron chi connectivity index (χ3n) is 4.18. The van der Waals surface area contributed by atoms with Crippen molar-refractivity contribution in [3.8, 4) is 0 Å². The lowest BCUT2D eigenvalue weighted by molar-refractivity contribution is -0.384. The predicted molar refractivity (Wildman–Crippen MR) is 91.8 cm³/mol. The number of non-ortho nitro benzene ring substituents is 1. The quantitative estimate of drug-likeness (QED) is 0.518. The van der Waals surface area contributed by atoms with Crippen molar-refractivity contribution in [2.45, 2.75) is 25.6 Å². The van der Waals surface area contributed by atoms with Crippen molar-refractivity contribution in [3.05, 3.63) is 67.7 Å². The van der Waals surface area contributed by atoms with Gasteiger partial charge in [-0.1, -0.05) is 15.9 Å². The summed E-state index contributed by atoms with van der Waals surface area (Å²) in [4.78, 5) is 24.1. The van der Waals surface area contributed by atoms with Crippen LogP contribution < -0.4 is 4.90 Å². The fourth-order valence-corrected chi connectivity index (χ4v) is 3.25. The van der Waals surface area contributed by atoms with Gasteiger partial charge >= 0.3 is 6.18 Å². The number of nitro groups is 1. The molecule has 0 fully saturated rings. The molecule has 3 rings (SSSR count). The first-order chi connectivity index (χ1) is 12.2. The number of carbonyl (C=O) groups is 1. The second-order valence-electron chi connectivity index (χ2n) is 5.85. The van der Waals surface area contributed by atoms with E-state index in [1.54, 1.807) is 0 Å². The van der Waals surface area contributed by atoms with Crippen LogP contribution in [0.3, 0.4) is 0 Å². The van der Waals surface area contributed by atoms with Crippen LogP contribution in [0.4, 0.5) is 24.5 Å². The van der Waals surface area contributed by atoms with E-state index in [0.29, 0.717) is 27.7 Å². The maximum atomic E-state index is 13.0. The van der Waals surface area contributed by atoms with Crippen molar-refractivity contribution in [2.75, 3.05) is 4.90 Å². The topological polar surface area (TPSA) is 63.4 Å². The third kappa shape index (κ3) is 3.57. The number of fused-ring (bicyclic) bond motifs is 1. The maximum Gasteiger partial charge on any atom is 0.416 e. The average Bonchev–Trinajstić information content (AvgIpc) is 2.57. The van der Waals surface area contributed by atoms with Crippen molar-refractivity contribution < 1.29 is 22.9 Å². The highest BCUT2D eigenvalue weighted by atomic mass is 79.9. The van der Waals surface area contributed by atoms with Gasteiger partial charge in [0.25, 0.3) is 5.69 Å². The first-order valence-corrected chi connectivity index (χ1v) is 8.39. The van der Waals surface area contributed by atoms with Crippen LogP contribution in [0, 0.1) is 10.1 Å². The summed E-state index contributed by atoms with van der Waals surface area (Å²) in [5.41, 5.74) is 0.528. The fourth-order valence-electron chi connectivity index (χ4n) is 2.88. The Morgan fingerprint density at radius 2 is 1.88 bits per heavy atom. The first-order valence-electron chi connectivity index (χ1n) is 7.60. The smallest absolute Gasteiger partial charge is 0.308 e. The van der Waals surface area contributed by atoms with E-state index in [9.17, 15) is 28.1 Å². The van der Waals surface area contributed by atoms with Gasteiger partial charge < -0.3 is 4.90 Å². The minimum atomic E-state index is -4.49. The van der Waals surface area contributed by atoms with Gasteiger partial charge in [-0.3, -0.25) is 14.9 Å². The summed E-state index contributed by atoms with van der Waals surface area (Å²) in [6.07, 6.45) is -3.99. The third-order valence-corrected chi connectivity index (χ3v) is 4.95. The van der Waals surface area contributed by atoms with Crippen LogP contribution in [0.2, 0.25) is 0 Å². The molecule has 0 radical (unpaired) electrons. The molecule has 1 aliphatic heterocycles. The molecular weight excluding hydrogens is 417 g/mol. The van der Waals surface area contributed by atoms with Gasteiger partial charge in [0.1, 0.15) is 0 Å². The van der Waals surface area contributed by atoms with Gasteiger partial charge in [-0.2, -0.15) is 13.2 Å². The maximum absolute atomic E-state index is 13.0. The van der Waals surface area contributed by atoms with E-state index in [-0.39, 0.29) is 24.6 Å². The van der Waals surface area contributed by atoms with Crippen LogP contribution >= 0.6 is 15.9 Å². The summed E-state index contributed by atoms with van der Waals surface area (Å²) < 4.78 is 39.3. The number of anilines is 1. The molecule has 136 valence electrons. The second-order valence-corrected chi connectivity index (χ2v) is 6.71. The molecule has 2 aromatic carbocycles. The Balaban J connectivity index is 1.98. The molecule has 0 unspecified atom stereocenters. The Labute approximate surface area is 154 Å². The van der Waals surface area contributed by atoms with Gasteiger partial charge in [-0.25, -0.2) is 0 Å². The van der Waals surface area contributed by atoms with E-state index in [0.717, 1.165) is 12.1 Å². The van der Waals surface area contributed by atoms with Crippen LogP contribution in [0.5, 0.6) is 0 Å². The normalized spacial score (nSPS) is 14.3. The van der Waals surface area contributed by atoms with Gasteiger partial charge in [-0.05, 0) is 41.8 Å². The lowest BCUT2D eigenvalue weighted by Crippen LogP contribution is -2.34. The molecule has 2 aromatic rings. The monoisotopic (exact) mass is 428 g/mol. The zero-order chi connectivity index (χ0) is 19.1. The number of nitro benzene ring substituents is 1. The van der Waals surface area contributed by atoms with Crippen LogP contribution in [0.25, 0.3) is 0 Å². The molecular formula is C17H12BrF3N2O3. The molecule has 0 saturated heterocycles. The SMILES string of the molecule is O=C1CCc2cc([N+](=O)[O-])ccc2N1Cc1cc(C(F)(F)F)ccc1Br. The summed E-state index contributed by atoms with van der Waals surface area (Å²) in [7, 11) is 0. The van der Waals surface area contributed by atoms with Crippen molar-refractivity contribution in [1.82, 2.24) is 0 Å². The molecule has 0 aromatic heterocycles. The standard InChI is InChI=1S/C17H12BrF3N2O3/c18-14-4-2-12(17(19,20)21)7-11(14)9-22-15-5-3-13(23(25)26)8-10(15)1-6-16(22)24/h2-5,7-8H,1,6,9H2. The number of benzene rings is 2. The molecule has 9 heteroatoms. The van der Waals surface area contributed by atoms with Gasteiger partial charge in [0.15, 0.2) is 0 Å². The Morgan fingerprint density at radius 1 is 1.15 bits per heavy atom. The van der Waals surface area contributed by atoms with Gasteiger partial charge in [0.05, 0.1) is 17.0 Å². The van der Waals surface area contributed by atoms with E-state index in [1.807, 2.05) is 0 Å². The number of carbonyl (C=O) groups excluding carboxylic acids is 1. The lowest BCUT2D eigenvalue weighted by Gasteiger charge is -2.30. The first kappa shape index (κ1) is 18.4. The van der Waals surface area contributed by atoms with Crippen LogP contribution in [0.15, 0.2) is 40.9 Å². The summed E-state index contributed by atoms with van der Waals surface area (Å²) in [5, 5.41) is 10.9. The van der Waals surface area contributed by atoms with Gasteiger partial charge in [-0.15, -0.1) is 0 Å². The van der Waals surface area contributed by atoms with E-state index in [4.69, 9.17) is 0 Å². The molecule has 0 aliphatic carbocycles. The Hall–Kier alpha value is -2.42. The number of halogens is 4. The van der Waals surface area contributed by atoms with Gasteiger partial charge in [0, 0.05) is 28.7 Å². The largest absolute Gasteiger partial charge is 0.416 e.